The molecule has 5 nitrogen and oxygen atoms in total. The summed E-state index contributed by atoms with van der Waals surface area (Å²) in [5.74, 6) is 0. The Morgan fingerprint density at radius 3 is 1.92 bits per heavy atom. The van der Waals surface area contributed by atoms with Gasteiger partial charge in [-0.25, -0.2) is 4.79 Å². The maximum absolute atomic E-state index is 11.4. The Hall–Kier alpha value is -2.40. The molecule has 1 saturated heterocycles. The standard InChI is InChI=1S/C19H22ClN3O2/c1-2-25-19(24)21-16-5-9-18(10-6-16)23-13-11-22(12-14-23)17-7-3-15(20)4-8-17/h3-10H,2,11-14H2,1H3,(H,21,24). The summed E-state index contributed by atoms with van der Waals surface area (Å²) in [5.41, 5.74) is 3.10. The van der Waals surface area contributed by atoms with E-state index in [1.54, 1.807) is 6.92 Å². The molecular formula is C19H22ClN3O2. The predicted molar refractivity (Wildman–Crippen MR) is 103 cm³/mol. The molecule has 1 heterocycles. The van der Waals surface area contributed by atoms with Crippen molar-refractivity contribution in [2.45, 2.75) is 6.92 Å². The highest BCUT2D eigenvalue weighted by Crippen LogP contribution is 2.23. The largest absolute Gasteiger partial charge is 0.450 e. The van der Waals surface area contributed by atoms with Gasteiger partial charge in [-0.15, -0.1) is 0 Å². The number of hydrogen-bond acceptors (Lipinski definition) is 4. The van der Waals surface area contributed by atoms with E-state index < -0.39 is 6.09 Å². The second-order valence-corrected chi connectivity index (χ2v) is 6.28. The SMILES string of the molecule is CCOC(=O)Nc1ccc(N2CCN(c3ccc(Cl)cc3)CC2)cc1. The molecule has 1 aliphatic rings. The lowest BCUT2D eigenvalue weighted by atomic mass is 10.2. The molecule has 1 fully saturated rings. The van der Waals surface area contributed by atoms with Gasteiger partial charge in [-0.05, 0) is 55.5 Å². The van der Waals surface area contributed by atoms with Gasteiger partial charge in [0.2, 0.25) is 0 Å². The molecule has 0 bridgehead atoms. The van der Waals surface area contributed by atoms with Gasteiger partial charge in [0.25, 0.3) is 0 Å². The van der Waals surface area contributed by atoms with Crippen molar-refractivity contribution in [1.82, 2.24) is 0 Å². The van der Waals surface area contributed by atoms with Crippen LogP contribution in [-0.4, -0.2) is 38.9 Å². The number of carbonyl (C=O) groups is 1. The van der Waals surface area contributed by atoms with Crippen LogP contribution in [0.5, 0.6) is 0 Å². The molecule has 0 spiro atoms. The molecular weight excluding hydrogens is 338 g/mol. The molecule has 132 valence electrons. The highest BCUT2D eigenvalue weighted by Gasteiger charge is 2.17. The fourth-order valence-electron chi connectivity index (χ4n) is 2.92. The first kappa shape index (κ1) is 17.4. The van der Waals surface area contributed by atoms with Crippen LogP contribution < -0.4 is 15.1 Å². The summed E-state index contributed by atoms with van der Waals surface area (Å²) in [5, 5.41) is 3.47. The van der Waals surface area contributed by atoms with Gasteiger partial charge < -0.3 is 14.5 Å². The van der Waals surface area contributed by atoms with Crippen LogP contribution in [0.4, 0.5) is 21.9 Å². The highest BCUT2D eigenvalue weighted by atomic mass is 35.5. The van der Waals surface area contributed by atoms with E-state index in [0.717, 1.165) is 42.6 Å². The zero-order valence-corrected chi connectivity index (χ0v) is 15.0. The maximum Gasteiger partial charge on any atom is 0.411 e. The Kier molecular flexibility index (Phi) is 5.66. The van der Waals surface area contributed by atoms with Crippen LogP contribution in [0.15, 0.2) is 48.5 Å². The minimum Gasteiger partial charge on any atom is -0.450 e. The fourth-order valence-corrected chi connectivity index (χ4v) is 3.04. The third kappa shape index (κ3) is 4.57. The van der Waals surface area contributed by atoms with Gasteiger partial charge in [0.15, 0.2) is 0 Å². The highest BCUT2D eigenvalue weighted by molar-refractivity contribution is 6.30. The Labute approximate surface area is 153 Å². The van der Waals surface area contributed by atoms with Crippen LogP contribution in [-0.2, 0) is 4.74 Å². The zero-order chi connectivity index (χ0) is 17.6. The first-order valence-electron chi connectivity index (χ1n) is 8.45. The lowest BCUT2D eigenvalue weighted by Gasteiger charge is -2.37. The molecule has 25 heavy (non-hydrogen) atoms. The smallest absolute Gasteiger partial charge is 0.411 e. The second-order valence-electron chi connectivity index (χ2n) is 5.84. The van der Waals surface area contributed by atoms with E-state index >= 15 is 0 Å². The van der Waals surface area contributed by atoms with Crippen LogP contribution >= 0.6 is 11.6 Å². The van der Waals surface area contributed by atoms with Gasteiger partial charge in [0.1, 0.15) is 0 Å². The van der Waals surface area contributed by atoms with E-state index in [4.69, 9.17) is 16.3 Å². The van der Waals surface area contributed by atoms with E-state index in [2.05, 4.69) is 27.2 Å². The quantitative estimate of drug-likeness (QED) is 0.887. The first-order valence-corrected chi connectivity index (χ1v) is 8.83. The molecule has 0 aliphatic carbocycles. The maximum atomic E-state index is 11.4. The van der Waals surface area contributed by atoms with Gasteiger partial charge in [-0.1, -0.05) is 11.6 Å². The Morgan fingerprint density at radius 1 is 0.960 bits per heavy atom. The number of carbonyl (C=O) groups excluding carboxylic acids is 1. The molecule has 2 aromatic carbocycles. The predicted octanol–water partition coefficient (Wildman–Crippen LogP) is 4.24. The summed E-state index contributed by atoms with van der Waals surface area (Å²) in [6.45, 7) is 5.98. The molecule has 1 N–H and O–H groups in total. The number of anilines is 3. The molecule has 2 aromatic rings. The molecule has 0 atom stereocenters. The average molecular weight is 360 g/mol. The van der Waals surface area contributed by atoms with E-state index in [1.807, 2.05) is 36.4 Å². The lowest BCUT2D eigenvalue weighted by molar-refractivity contribution is 0.168. The summed E-state index contributed by atoms with van der Waals surface area (Å²) in [6.07, 6.45) is -0.424. The lowest BCUT2D eigenvalue weighted by Crippen LogP contribution is -2.46. The molecule has 1 amide bonds. The van der Waals surface area contributed by atoms with Crippen molar-refractivity contribution in [3.05, 3.63) is 53.6 Å². The van der Waals surface area contributed by atoms with E-state index in [0.29, 0.717) is 6.61 Å². The number of nitrogens with zero attached hydrogens (tertiary/aromatic N) is 2. The topological polar surface area (TPSA) is 44.8 Å². The van der Waals surface area contributed by atoms with E-state index in [9.17, 15) is 4.79 Å². The fraction of sp³-hybridized carbons (Fsp3) is 0.316. The van der Waals surface area contributed by atoms with Crippen LogP contribution in [0, 0.1) is 0 Å². The van der Waals surface area contributed by atoms with Gasteiger partial charge in [-0.2, -0.15) is 0 Å². The summed E-state index contributed by atoms with van der Waals surface area (Å²) in [4.78, 5) is 16.1. The zero-order valence-electron chi connectivity index (χ0n) is 14.2. The minimum atomic E-state index is -0.424. The van der Waals surface area contributed by atoms with Gasteiger partial charge in [-0.3, -0.25) is 5.32 Å². The molecule has 1 aliphatic heterocycles. The van der Waals surface area contributed by atoms with Crippen molar-refractivity contribution < 1.29 is 9.53 Å². The molecule has 0 aromatic heterocycles. The number of rotatable bonds is 4. The van der Waals surface area contributed by atoms with E-state index in [1.165, 1.54) is 5.69 Å². The van der Waals surface area contributed by atoms with Crippen molar-refractivity contribution in [2.24, 2.45) is 0 Å². The third-order valence-corrected chi connectivity index (χ3v) is 4.48. The second kappa shape index (κ2) is 8.12. The molecule has 0 unspecified atom stereocenters. The van der Waals surface area contributed by atoms with Gasteiger partial charge >= 0.3 is 6.09 Å². The number of amides is 1. The van der Waals surface area contributed by atoms with Crippen LogP contribution in [0.25, 0.3) is 0 Å². The van der Waals surface area contributed by atoms with Crippen molar-refractivity contribution in [3.8, 4) is 0 Å². The van der Waals surface area contributed by atoms with Crippen LogP contribution in [0.3, 0.4) is 0 Å². The average Bonchev–Trinajstić information content (AvgIpc) is 2.63. The van der Waals surface area contributed by atoms with Crippen molar-refractivity contribution in [2.75, 3.05) is 47.9 Å². The number of hydrogen-bond donors (Lipinski definition) is 1. The number of piperazine rings is 1. The number of nitrogens with one attached hydrogen (secondary N) is 1. The summed E-state index contributed by atoms with van der Waals surface area (Å²) < 4.78 is 4.88. The van der Waals surface area contributed by atoms with E-state index in [-0.39, 0.29) is 0 Å². The molecule has 0 saturated carbocycles. The monoisotopic (exact) mass is 359 g/mol. The Balaban J connectivity index is 1.55. The van der Waals surface area contributed by atoms with Crippen molar-refractivity contribution in [1.29, 1.82) is 0 Å². The van der Waals surface area contributed by atoms with Gasteiger partial charge in [0, 0.05) is 48.3 Å². The molecule has 0 radical (unpaired) electrons. The van der Waals surface area contributed by atoms with Crippen molar-refractivity contribution in [3.63, 3.8) is 0 Å². The minimum absolute atomic E-state index is 0.363. The summed E-state index contributed by atoms with van der Waals surface area (Å²) in [7, 11) is 0. The Morgan fingerprint density at radius 2 is 1.44 bits per heavy atom. The number of benzene rings is 2. The summed E-state index contributed by atoms with van der Waals surface area (Å²) >= 11 is 5.95. The Bertz CT molecular complexity index is 696. The third-order valence-electron chi connectivity index (χ3n) is 4.23. The first-order chi connectivity index (χ1) is 12.2. The number of halogens is 1. The van der Waals surface area contributed by atoms with Crippen LogP contribution in [0.1, 0.15) is 6.92 Å². The molecule has 3 rings (SSSR count). The van der Waals surface area contributed by atoms with Gasteiger partial charge in [0.05, 0.1) is 6.61 Å². The molecule has 6 heteroatoms. The number of ether oxygens (including phenoxy) is 1. The summed E-state index contributed by atoms with van der Waals surface area (Å²) in [6, 6.07) is 15.8. The normalized spacial score (nSPS) is 14.3. The van der Waals surface area contributed by atoms with Crippen molar-refractivity contribution >= 4 is 34.8 Å². The van der Waals surface area contributed by atoms with Crippen LogP contribution in [0.2, 0.25) is 5.02 Å².